The molecule has 0 aliphatic rings. The average Bonchev–Trinajstić information content (AvgIpc) is 2.36. The lowest BCUT2D eigenvalue weighted by Gasteiger charge is -1.84. The summed E-state index contributed by atoms with van der Waals surface area (Å²) in [5.74, 6) is 0.596. The van der Waals surface area contributed by atoms with Crippen molar-refractivity contribution in [3.05, 3.63) is 18.6 Å². The van der Waals surface area contributed by atoms with Crippen molar-refractivity contribution in [2.24, 2.45) is 0 Å². The Morgan fingerprint density at radius 1 is 1.60 bits per heavy atom. The smallest absolute Gasteiger partial charge is 0.298 e. The van der Waals surface area contributed by atoms with Crippen LogP contribution in [0.15, 0.2) is 18.6 Å². The summed E-state index contributed by atoms with van der Waals surface area (Å²) in [5.41, 5.74) is 7.31. The fraction of sp³-hybridized carbons (Fsp3) is 0. The summed E-state index contributed by atoms with van der Waals surface area (Å²) in [4.78, 5) is 9.81. The molecule has 0 atom stereocenters. The number of anilines is 1. The highest BCUT2D eigenvalue weighted by Crippen LogP contribution is 2.09. The molecule has 4 heteroatoms. The van der Waals surface area contributed by atoms with Crippen LogP contribution < -0.4 is 10.7 Å². The lowest BCUT2D eigenvalue weighted by Crippen LogP contribution is -2.08. The molecule has 0 aliphatic carbocycles. The van der Waals surface area contributed by atoms with Gasteiger partial charge in [0.25, 0.3) is 5.82 Å². The maximum Gasteiger partial charge on any atom is 0.298 e. The van der Waals surface area contributed by atoms with E-state index in [1.165, 1.54) is 0 Å². The van der Waals surface area contributed by atoms with Gasteiger partial charge in [-0.3, -0.25) is 5.73 Å². The molecule has 0 saturated heterocycles. The van der Waals surface area contributed by atoms with Crippen molar-refractivity contribution in [2.75, 3.05) is 5.73 Å². The van der Waals surface area contributed by atoms with E-state index in [9.17, 15) is 0 Å². The quantitative estimate of drug-likeness (QED) is 0.532. The van der Waals surface area contributed by atoms with E-state index in [1.54, 1.807) is 12.5 Å². The number of hydrogen-bond acceptors (Lipinski definition) is 2. The molecule has 0 aromatic carbocycles. The third kappa shape index (κ3) is 0.556. The van der Waals surface area contributed by atoms with Crippen molar-refractivity contribution in [1.29, 1.82) is 0 Å². The Bertz CT molecular complexity index is 351. The Kier molecular flexibility index (Phi) is 0.887. The number of H-pyrrole nitrogens is 2. The van der Waals surface area contributed by atoms with Gasteiger partial charge in [-0.05, 0) is 0 Å². The van der Waals surface area contributed by atoms with Crippen LogP contribution in [0.25, 0.3) is 11.0 Å². The number of rotatable bonds is 0. The monoisotopic (exact) mass is 135 g/mol. The molecular formula is C6H7N4+. The predicted octanol–water partition coefficient (Wildman–Crippen LogP) is -0.0408. The molecule has 0 saturated carbocycles. The molecule has 2 heterocycles. The van der Waals surface area contributed by atoms with E-state index in [0.717, 1.165) is 11.0 Å². The van der Waals surface area contributed by atoms with Gasteiger partial charge in [-0.2, -0.15) is 0 Å². The molecule has 2 rings (SSSR count). The predicted molar refractivity (Wildman–Crippen MR) is 37.1 cm³/mol. The second-order valence-corrected chi connectivity index (χ2v) is 2.06. The molecule has 10 heavy (non-hydrogen) atoms. The van der Waals surface area contributed by atoms with Crippen molar-refractivity contribution < 1.29 is 4.98 Å². The number of nitrogens with two attached hydrogens (primary N) is 1. The van der Waals surface area contributed by atoms with Gasteiger partial charge >= 0.3 is 0 Å². The summed E-state index contributed by atoms with van der Waals surface area (Å²) < 4.78 is 0. The Hall–Kier alpha value is -1.58. The van der Waals surface area contributed by atoms with Crippen LogP contribution in [0, 0.1) is 0 Å². The van der Waals surface area contributed by atoms with Crippen LogP contribution in [0.4, 0.5) is 5.82 Å². The van der Waals surface area contributed by atoms with Crippen molar-refractivity contribution in [3.8, 4) is 0 Å². The number of hydrogen-bond donors (Lipinski definition) is 2. The Balaban J connectivity index is 2.95. The fourth-order valence-electron chi connectivity index (χ4n) is 0.929. The zero-order chi connectivity index (χ0) is 6.97. The summed E-state index contributed by atoms with van der Waals surface area (Å²) in [6.07, 6.45) is 3.39. The topological polar surface area (TPSA) is 68.8 Å². The largest absolute Gasteiger partial charge is 0.344 e. The summed E-state index contributed by atoms with van der Waals surface area (Å²) in [5, 5.41) is 0. The average molecular weight is 135 g/mol. The zero-order valence-corrected chi connectivity index (χ0v) is 5.26. The Labute approximate surface area is 57.1 Å². The minimum Gasteiger partial charge on any atom is -0.344 e. The standard InChI is InChI=1S/C6H6N4/c7-6-5-4(1-2-8-6)9-3-10-5/h1-3H,(H2,7,8)(H,9,10)/p+1. The third-order valence-electron chi connectivity index (χ3n) is 1.41. The van der Waals surface area contributed by atoms with Crippen LogP contribution in [-0.4, -0.2) is 9.97 Å². The van der Waals surface area contributed by atoms with E-state index in [2.05, 4.69) is 15.0 Å². The van der Waals surface area contributed by atoms with Crippen LogP contribution >= 0.6 is 0 Å². The first kappa shape index (κ1) is 5.22. The number of imidazole rings is 1. The molecule has 0 fully saturated rings. The summed E-state index contributed by atoms with van der Waals surface area (Å²) in [6, 6.07) is 1.89. The van der Waals surface area contributed by atoms with Gasteiger partial charge in [0, 0.05) is 6.07 Å². The highest BCUT2D eigenvalue weighted by atomic mass is 14.9. The number of aromatic nitrogens is 3. The molecule has 0 bridgehead atoms. The fourth-order valence-corrected chi connectivity index (χ4v) is 0.929. The molecule has 4 nitrogen and oxygen atoms in total. The minimum atomic E-state index is 0.596. The van der Waals surface area contributed by atoms with E-state index in [4.69, 9.17) is 5.73 Å². The van der Waals surface area contributed by atoms with Crippen LogP contribution in [0.3, 0.4) is 0 Å². The van der Waals surface area contributed by atoms with Crippen LogP contribution in [0.5, 0.6) is 0 Å². The maximum absolute atomic E-state index is 5.56. The van der Waals surface area contributed by atoms with Gasteiger partial charge < -0.3 is 4.98 Å². The van der Waals surface area contributed by atoms with Gasteiger partial charge in [0.05, 0.1) is 18.0 Å². The van der Waals surface area contributed by atoms with E-state index in [0.29, 0.717) is 5.82 Å². The lowest BCUT2D eigenvalue weighted by molar-refractivity contribution is -0.358. The van der Waals surface area contributed by atoms with Crippen LogP contribution in [0.2, 0.25) is 0 Å². The molecule has 0 aliphatic heterocycles. The number of nitrogens with one attached hydrogen (secondary N) is 2. The lowest BCUT2D eigenvalue weighted by atomic mass is 10.4. The van der Waals surface area contributed by atoms with E-state index in [1.807, 2.05) is 6.07 Å². The first-order chi connectivity index (χ1) is 4.88. The van der Waals surface area contributed by atoms with Crippen molar-refractivity contribution in [2.45, 2.75) is 0 Å². The van der Waals surface area contributed by atoms with Gasteiger partial charge in [0.1, 0.15) is 0 Å². The zero-order valence-electron chi connectivity index (χ0n) is 5.26. The van der Waals surface area contributed by atoms with Gasteiger partial charge in [0.15, 0.2) is 5.52 Å². The van der Waals surface area contributed by atoms with Crippen molar-refractivity contribution >= 4 is 16.9 Å². The Morgan fingerprint density at radius 2 is 2.50 bits per heavy atom. The van der Waals surface area contributed by atoms with Gasteiger partial charge in [0.2, 0.25) is 0 Å². The molecule has 0 spiro atoms. The third-order valence-corrected chi connectivity index (χ3v) is 1.41. The first-order valence-electron chi connectivity index (χ1n) is 2.97. The van der Waals surface area contributed by atoms with Gasteiger partial charge in [-0.1, -0.05) is 0 Å². The second kappa shape index (κ2) is 1.70. The normalized spacial score (nSPS) is 10.4. The number of aromatic amines is 2. The minimum absolute atomic E-state index is 0.596. The highest BCUT2D eigenvalue weighted by Gasteiger charge is 2.02. The van der Waals surface area contributed by atoms with Gasteiger partial charge in [-0.25, -0.2) is 9.97 Å². The van der Waals surface area contributed by atoms with Crippen molar-refractivity contribution in [1.82, 2.24) is 9.97 Å². The Morgan fingerprint density at radius 3 is 3.30 bits per heavy atom. The number of fused-ring (bicyclic) bond motifs is 1. The highest BCUT2D eigenvalue weighted by molar-refractivity contribution is 5.81. The molecule has 2 aromatic rings. The molecule has 50 valence electrons. The second-order valence-electron chi connectivity index (χ2n) is 2.06. The SMILES string of the molecule is Nc1[nH+]ccc2[nH]cnc12. The van der Waals surface area contributed by atoms with Crippen LogP contribution in [-0.2, 0) is 0 Å². The van der Waals surface area contributed by atoms with Gasteiger partial charge in [-0.15, -0.1) is 0 Å². The maximum atomic E-state index is 5.56. The molecular weight excluding hydrogens is 128 g/mol. The van der Waals surface area contributed by atoms with E-state index < -0.39 is 0 Å². The van der Waals surface area contributed by atoms with Crippen molar-refractivity contribution in [3.63, 3.8) is 0 Å². The summed E-state index contributed by atoms with van der Waals surface area (Å²) >= 11 is 0. The number of nitrogens with zero attached hydrogens (tertiary/aromatic N) is 1. The van der Waals surface area contributed by atoms with E-state index >= 15 is 0 Å². The molecule has 4 N–H and O–H groups in total. The molecule has 2 aromatic heterocycles. The number of pyridine rings is 1. The van der Waals surface area contributed by atoms with Crippen LogP contribution in [0.1, 0.15) is 0 Å². The molecule has 0 unspecified atom stereocenters. The summed E-state index contributed by atoms with van der Waals surface area (Å²) in [7, 11) is 0. The number of nitrogen functional groups attached to an aromatic ring is 1. The molecule has 0 amide bonds. The summed E-state index contributed by atoms with van der Waals surface area (Å²) in [6.45, 7) is 0. The molecule has 0 radical (unpaired) electrons. The first-order valence-corrected chi connectivity index (χ1v) is 2.97. The van der Waals surface area contributed by atoms with E-state index in [-0.39, 0.29) is 0 Å².